The summed E-state index contributed by atoms with van der Waals surface area (Å²) in [4.78, 5) is 13.3. The fraction of sp³-hybridized carbons (Fsp3) is 0.500. The van der Waals surface area contributed by atoms with Crippen molar-refractivity contribution < 1.29 is 9.90 Å². The summed E-state index contributed by atoms with van der Waals surface area (Å²) < 4.78 is 0. The van der Waals surface area contributed by atoms with Gasteiger partial charge < -0.3 is 10.0 Å². The average molecular weight is 235 g/mol. The molecule has 0 radical (unpaired) electrons. The molecule has 0 amide bonds. The molecule has 3 nitrogen and oxygen atoms in total. The van der Waals surface area contributed by atoms with Crippen molar-refractivity contribution in [2.24, 2.45) is 5.92 Å². The summed E-state index contributed by atoms with van der Waals surface area (Å²) in [6.07, 6.45) is 0. The summed E-state index contributed by atoms with van der Waals surface area (Å²) in [5, 5.41) is 9.26. The fourth-order valence-electron chi connectivity index (χ4n) is 2.06. The maximum absolute atomic E-state index is 11.3. The van der Waals surface area contributed by atoms with E-state index in [1.165, 1.54) is 0 Å². The van der Waals surface area contributed by atoms with Crippen LogP contribution in [0.3, 0.4) is 0 Å². The molecule has 0 aliphatic carbocycles. The van der Waals surface area contributed by atoms with Crippen LogP contribution in [0.5, 0.6) is 0 Å². The Morgan fingerprint density at radius 1 is 1.35 bits per heavy atom. The first-order valence-corrected chi connectivity index (χ1v) is 5.88. The fourth-order valence-corrected chi connectivity index (χ4v) is 2.06. The normalized spacial score (nSPS) is 13.1. The minimum Gasteiger partial charge on any atom is -0.481 e. The van der Waals surface area contributed by atoms with Gasteiger partial charge in [-0.05, 0) is 31.1 Å². The number of nitrogens with zero attached hydrogens (tertiary/aromatic N) is 1. The summed E-state index contributed by atoms with van der Waals surface area (Å²) in [7, 11) is 4.01. The van der Waals surface area contributed by atoms with Crippen LogP contribution in [0.15, 0.2) is 24.3 Å². The van der Waals surface area contributed by atoms with Crippen molar-refractivity contribution in [2.75, 3.05) is 14.1 Å². The largest absolute Gasteiger partial charge is 0.481 e. The minimum atomic E-state index is -0.748. The van der Waals surface area contributed by atoms with E-state index in [1.54, 1.807) is 0 Å². The van der Waals surface area contributed by atoms with E-state index in [0.29, 0.717) is 0 Å². The van der Waals surface area contributed by atoms with E-state index in [2.05, 4.69) is 4.90 Å². The Labute approximate surface area is 103 Å². The van der Waals surface area contributed by atoms with Gasteiger partial charge in [0.1, 0.15) is 0 Å². The zero-order valence-electron chi connectivity index (χ0n) is 11.0. The molecule has 0 saturated heterocycles. The molecule has 3 heteroatoms. The molecule has 94 valence electrons. The summed E-state index contributed by atoms with van der Waals surface area (Å²) in [5.74, 6) is -1.07. The average Bonchev–Trinajstić information content (AvgIpc) is 2.15. The summed E-state index contributed by atoms with van der Waals surface area (Å²) >= 11 is 0. The van der Waals surface area contributed by atoms with Gasteiger partial charge in [-0.3, -0.25) is 4.79 Å². The highest BCUT2D eigenvalue weighted by Crippen LogP contribution is 2.25. The van der Waals surface area contributed by atoms with Gasteiger partial charge >= 0.3 is 5.97 Å². The number of carboxylic acid groups (broad SMARTS) is 1. The standard InChI is InChI=1S/C14H21NO2/c1-10(2)13(14(16)17)12-7-5-6-11(8-12)9-15(3)4/h5-8,10,13H,9H2,1-4H3,(H,16,17). The number of aliphatic carboxylic acids is 1. The van der Waals surface area contributed by atoms with Crippen molar-refractivity contribution in [3.63, 3.8) is 0 Å². The third-order valence-electron chi connectivity index (χ3n) is 2.74. The van der Waals surface area contributed by atoms with E-state index in [0.717, 1.165) is 17.7 Å². The first kappa shape index (κ1) is 13.7. The molecule has 1 rings (SSSR count). The van der Waals surface area contributed by atoms with Gasteiger partial charge in [-0.1, -0.05) is 38.1 Å². The number of benzene rings is 1. The van der Waals surface area contributed by atoms with Crippen molar-refractivity contribution >= 4 is 5.97 Å². The Balaban J connectivity index is 3.00. The monoisotopic (exact) mass is 235 g/mol. The van der Waals surface area contributed by atoms with Crippen LogP contribution in [0.4, 0.5) is 0 Å². The molecule has 0 aliphatic heterocycles. The van der Waals surface area contributed by atoms with Gasteiger partial charge in [-0.25, -0.2) is 0 Å². The first-order valence-electron chi connectivity index (χ1n) is 5.88. The maximum atomic E-state index is 11.3. The topological polar surface area (TPSA) is 40.5 Å². The van der Waals surface area contributed by atoms with Gasteiger partial charge in [-0.15, -0.1) is 0 Å². The second kappa shape index (κ2) is 5.82. The molecular weight excluding hydrogens is 214 g/mol. The van der Waals surface area contributed by atoms with E-state index < -0.39 is 11.9 Å². The highest BCUT2D eigenvalue weighted by Gasteiger charge is 2.23. The first-order chi connectivity index (χ1) is 7.91. The second-order valence-electron chi connectivity index (χ2n) is 5.04. The lowest BCUT2D eigenvalue weighted by Gasteiger charge is -2.18. The van der Waals surface area contributed by atoms with Crippen LogP contribution in [0.1, 0.15) is 30.9 Å². The van der Waals surface area contributed by atoms with Crippen molar-refractivity contribution in [3.8, 4) is 0 Å². The molecule has 1 unspecified atom stereocenters. The van der Waals surface area contributed by atoms with Crippen molar-refractivity contribution in [2.45, 2.75) is 26.3 Å². The van der Waals surface area contributed by atoms with Gasteiger partial charge in [0, 0.05) is 6.54 Å². The number of hydrogen-bond acceptors (Lipinski definition) is 2. The molecule has 1 atom stereocenters. The van der Waals surface area contributed by atoms with Crippen LogP contribution in [0.2, 0.25) is 0 Å². The number of hydrogen-bond donors (Lipinski definition) is 1. The minimum absolute atomic E-state index is 0.0992. The van der Waals surface area contributed by atoms with Crippen LogP contribution in [0, 0.1) is 5.92 Å². The Morgan fingerprint density at radius 2 is 2.00 bits per heavy atom. The SMILES string of the molecule is CC(C)C(C(=O)O)c1cccc(CN(C)C)c1. The van der Waals surface area contributed by atoms with E-state index >= 15 is 0 Å². The number of rotatable bonds is 5. The molecule has 0 bridgehead atoms. The summed E-state index contributed by atoms with van der Waals surface area (Å²) in [6, 6.07) is 7.87. The van der Waals surface area contributed by atoms with Gasteiger partial charge in [0.05, 0.1) is 5.92 Å². The highest BCUT2D eigenvalue weighted by molar-refractivity contribution is 5.76. The van der Waals surface area contributed by atoms with Crippen LogP contribution >= 0.6 is 0 Å². The Morgan fingerprint density at radius 3 is 2.47 bits per heavy atom. The molecule has 0 aliphatic rings. The molecule has 1 aromatic rings. The van der Waals surface area contributed by atoms with Gasteiger partial charge in [0.15, 0.2) is 0 Å². The number of carbonyl (C=O) groups is 1. The Bertz CT molecular complexity index is 386. The third-order valence-corrected chi connectivity index (χ3v) is 2.74. The number of carboxylic acids is 1. The molecule has 0 fully saturated rings. The van der Waals surface area contributed by atoms with Crippen LogP contribution in [-0.4, -0.2) is 30.1 Å². The predicted molar refractivity (Wildman–Crippen MR) is 69.0 cm³/mol. The van der Waals surface area contributed by atoms with Crippen LogP contribution in [-0.2, 0) is 11.3 Å². The Kier molecular flexibility index (Phi) is 4.70. The lowest BCUT2D eigenvalue weighted by Crippen LogP contribution is -2.18. The summed E-state index contributed by atoms with van der Waals surface area (Å²) in [6.45, 7) is 4.72. The molecule has 17 heavy (non-hydrogen) atoms. The van der Waals surface area contributed by atoms with E-state index in [9.17, 15) is 9.90 Å². The van der Waals surface area contributed by atoms with E-state index in [1.807, 2.05) is 52.2 Å². The zero-order valence-corrected chi connectivity index (χ0v) is 11.0. The quantitative estimate of drug-likeness (QED) is 0.852. The molecule has 0 spiro atoms. The third kappa shape index (κ3) is 3.86. The van der Waals surface area contributed by atoms with Crippen molar-refractivity contribution in [1.29, 1.82) is 0 Å². The van der Waals surface area contributed by atoms with Crippen molar-refractivity contribution in [1.82, 2.24) is 4.90 Å². The molecule has 1 N–H and O–H groups in total. The van der Waals surface area contributed by atoms with E-state index in [4.69, 9.17) is 0 Å². The highest BCUT2D eigenvalue weighted by atomic mass is 16.4. The molecule has 0 saturated carbocycles. The van der Waals surface area contributed by atoms with Gasteiger partial charge in [0.2, 0.25) is 0 Å². The van der Waals surface area contributed by atoms with Gasteiger partial charge in [-0.2, -0.15) is 0 Å². The summed E-state index contributed by atoms with van der Waals surface area (Å²) in [5.41, 5.74) is 2.05. The molecular formula is C14H21NO2. The Hall–Kier alpha value is -1.35. The lowest BCUT2D eigenvalue weighted by atomic mass is 9.88. The zero-order chi connectivity index (χ0) is 13.0. The lowest BCUT2D eigenvalue weighted by molar-refractivity contribution is -0.139. The maximum Gasteiger partial charge on any atom is 0.311 e. The molecule has 1 aromatic carbocycles. The van der Waals surface area contributed by atoms with Gasteiger partial charge in [0.25, 0.3) is 0 Å². The van der Waals surface area contributed by atoms with Crippen molar-refractivity contribution in [3.05, 3.63) is 35.4 Å². The molecule has 0 aromatic heterocycles. The predicted octanol–water partition coefficient (Wildman–Crippen LogP) is 2.57. The smallest absolute Gasteiger partial charge is 0.311 e. The van der Waals surface area contributed by atoms with Crippen LogP contribution in [0.25, 0.3) is 0 Å². The molecule has 0 heterocycles. The van der Waals surface area contributed by atoms with E-state index in [-0.39, 0.29) is 5.92 Å². The van der Waals surface area contributed by atoms with Crippen LogP contribution < -0.4 is 0 Å². The second-order valence-corrected chi connectivity index (χ2v) is 5.04.